The minimum atomic E-state index is 0.106. The quantitative estimate of drug-likeness (QED) is 0.286. The molecule has 2 heterocycles. The fourth-order valence-corrected chi connectivity index (χ4v) is 3.41. The average molecular weight is 348 g/mol. The molecule has 0 bridgehead atoms. The van der Waals surface area contributed by atoms with Gasteiger partial charge in [0.1, 0.15) is 6.33 Å². The SMILES string of the molecule is C=CCn1c(C)cc(C(=O)CSc2nncn2CCCOC)c1C. The van der Waals surface area contributed by atoms with E-state index in [0.717, 1.165) is 35.1 Å². The minimum Gasteiger partial charge on any atom is -0.385 e. The van der Waals surface area contributed by atoms with E-state index in [1.165, 1.54) is 11.8 Å². The first-order valence-electron chi connectivity index (χ1n) is 7.88. The van der Waals surface area contributed by atoms with Crippen LogP contribution >= 0.6 is 11.8 Å². The van der Waals surface area contributed by atoms with Crippen LogP contribution in [0.25, 0.3) is 0 Å². The number of rotatable bonds is 10. The lowest BCUT2D eigenvalue weighted by atomic mass is 10.2. The molecule has 0 N–H and O–H groups in total. The van der Waals surface area contributed by atoms with Crippen molar-refractivity contribution in [1.29, 1.82) is 0 Å². The molecule has 6 nitrogen and oxygen atoms in total. The van der Waals surface area contributed by atoms with Crippen LogP contribution < -0.4 is 0 Å². The van der Waals surface area contributed by atoms with Crippen molar-refractivity contribution in [2.45, 2.75) is 38.5 Å². The van der Waals surface area contributed by atoms with Crippen molar-refractivity contribution in [2.24, 2.45) is 0 Å². The monoisotopic (exact) mass is 348 g/mol. The smallest absolute Gasteiger partial charge is 0.191 e. The van der Waals surface area contributed by atoms with Gasteiger partial charge in [0.15, 0.2) is 10.9 Å². The molecule has 0 aliphatic heterocycles. The van der Waals surface area contributed by atoms with Gasteiger partial charge in [-0.1, -0.05) is 17.8 Å². The van der Waals surface area contributed by atoms with Crippen LogP contribution in [0.1, 0.15) is 28.2 Å². The molecule has 0 aliphatic rings. The van der Waals surface area contributed by atoms with Crippen LogP contribution in [0.2, 0.25) is 0 Å². The van der Waals surface area contributed by atoms with Gasteiger partial charge in [-0.15, -0.1) is 16.8 Å². The second-order valence-corrected chi connectivity index (χ2v) is 6.49. The van der Waals surface area contributed by atoms with E-state index in [1.54, 1.807) is 13.4 Å². The molecule has 2 aromatic rings. The first kappa shape index (κ1) is 18.5. The molecule has 0 aliphatic carbocycles. The van der Waals surface area contributed by atoms with E-state index in [2.05, 4.69) is 21.3 Å². The summed E-state index contributed by atoms with van der Waals surface area (Å²) in [5, 5.41) is 8.80. The van der Waals surface area contributed by atoms with E-state index in [9.17, 15) is 4.79 Å². The number of allylic oxidation sites excluding steroid dienone is 1. The molecule has 130 valence electrons. The molecular formula is C17H24N4O2S. The maximum atomic E-state index is 12.6. The molecule has 0 unspecified atom stereocenters. The van der Waals surface area contributed by atoms with Gasteiger partial charge in [0.05, 0.1) is 5.75 Å². The Labute approximate surface area is 146 Å². The topological polar surface area (TPSA) is 61.9 Å². The Morgan fingerprint density at radius 1 is 1.46 bits per heavy atom. The number of methoxy groups -OCH3 is 1. The minimum absolute atomic E-state index is 0.106. The molecule has 0 atom stereocenters. The van der Waals surface area contributed by atoms with Gasteiger partial charge in [-0.2, -0.15) is 0 Å². The van der Waals surface area contributed by atoms with E-state index < -0.39 is 0 Å². The molecule has 0 aromatic carbocycles. The van der Waals surface area contributed by atoms with Crippen LogP contribution in [-0.2, 0) is 17.8 Å². The van der Waals surface area contributed by atoms with Crippen LogP contribution in [0, 0.1) is 13.8 Å². The maximum absolute atomic E-state index is 12.6. The molecule has 2 rings (SSSR count). The molecule has 2 aromatic heterocycles. The van der Waals surface area contributed by atoms with Crippen molar-refractivity contribution >= 4 is 17.5 Å². The van der Waals surface area contributed by atoms with Gasteiger partial charge in [-0.25, -0.2) is 0 Å². The zero-order valence-corrected chi connectivity index (χ0v) is 15.3. The van der Waals surface area contributed by atoms with Crippen LogP contribution in [0.4, 0.5) is 0 Å². The first-order valence-corrected chi connectivity index (χ1v) is 8.87. The summed E-state index contributed by atoms with van der Waals surface area (Å²) < 4.78 is 9.11. The average Bonchev–Trinajstić information content (AvgIpc) is 3.12. The summed E-state index contributed by atoms with van der Waals surface area (Å²) >= 11 is 1.42. The van der Waals surface area contributed by atoms with E-state index in [4.69, 9.17) is 4.74 Å². The van der Waals surface area contributed by atoms with Crippen molar-refractivity contribution in [3.05, 3.63) is 42.0 Å². The molecule has 0 spiro atoms. The molecule has 0 saturated heterocycles. The summed E-state index contributed by atoms with van der Waals surface area (Å²) in [4.78, 5) is 12.6. The van der Waals surface area contributed by atoms with Crippen molar-refractivity contribution in [3.63, 3.8) is 0 Å². The summed E-state index contributed by atoms with van der Waals surface area (Å²) in [5.41, 5.74) is 2.83. The summed E-state index contributed by atoms with van der Waals surface area (Å²) in [6, 6.07) is 1.95. The molecule has 0 radical (unpaired) electrons. The Morgan fingerprint density at radius 3 is 2.96 bits per heavy atom. The second kappa shape index (κ2) is 8.84. The Bertz CT molecular complexity index is 706. The zero-order chi connectivity index (χ0) is 17.5. The summed E-state index contributed by atoms with van der Waals surface area (Å²) in [7, 11) is 1.68. The fraction of sp³-hybridized carbons (Fsp3) is 0.471. The largest absolute Gasteiger partial charge is 0.385 e. The third kappa shape index (κ3) is 4.36. The summed E-state index contributed by atoms with van der Waals surface area (Å²) in [6.07, 6.45) is 4.42. The number of aromatic nitrogens is 4. The lowest BCUT2D eigenvalue weighted by Crippen LogP contribution is -2.07. The van der Waals surface area contributed by atoms with Gasteiger partial charge in [-0.05, 0) is 26.3 Å². The Kier molecular flexibility index (Phi) is 6.81. The predicted molar refractivity (Wildman–Crippen MR) is 95.7 cm³/mol. The van der Waals surface area contributed by atoms with Crippen LogP contribution in [0.15, 0.2) is 30.2 Å². The number of ketones is 1. The summed E-state index contributed by atoms with van der Waals surface area (Å²) in [6.45, 7) is 9.93. The number of nitrogens with zero attached hydrogens (tertiary/aromatic N) is 4. The number of aryl methyl sites for hydroxylation is 2. The standard InChI is InChI=1S/C17H24N4O2S/c1-5-7-21-13(2)10-15(14(21)3)16(22)11-24-17-19-18-12-20(17)8-6-9-23-4/h5,10,12H,1,6-9,11H2,2-4H3. The second-order valence-electron chi connectivity index (χ2n) is 5.55. The van der Waals surface area contributed by atoms with E-state index >= 15 is 0 Å². The van der Waals surface area contributed by atoms with E-state index in [1.807, 2.05) is 30.6 Å². The summed E-state index contributed by atoms with van der Waals surface area (Å²) in [5.74, 6) is 0.455. The normalized spacial score (nSPS) is 11.0. The Hall–Kier alpha value is -1.86. The number of thioether (sulfide) groups is 1. The molecule has 0 amide bonds. The lowest BCUT2D eigenvalue weighted by molar-refractivity contribution is 0.102. The maximum Gasteiger partial charge on any atom is 0.191 e. The van der Waals surface area contributed by atoms with Gasteiger partial charge < -0.3 is 13.9 Å². The molecule has 24 heavy (non-hydrogen) atoms. The number of hydrogen-bond acceptors (Lipinski definition) is 5. The predicted octanol–water partition coefficient (Wildman–Crippen LogP) is 2.89. The van der Waals surface area contributed by atoms with Crippen LogP contribution in [-0.4, -0.2) is 44.6 Å². The van der Waals surface area contributed by atoms with Gasteiger partial charge >= 0.3 is 0 Å². The highest BCUT2D eigenvalue weighted by atomic mass is 32.2. The van der Waals surface area contributed by atoms with E-state index in [0.29, 0.717) is 18.9 Å². The highest BCUT2D eigenvalue weighted by molar-refractivity contribution is 7.99. The Morgan fingerprint density at radius 2 is 2.25 bits per heavy atom. The van der Waals surface area contributed by atoms with Crippen molar-refractivity contribution in [2.75, 3.05) is 19.5 Å². The zero-order valence-electron chi connectivity index (χ0n) is 14.5. The Balaban J connectivity index is 2.00. The van der Waals surface area contributed by atoms with E-state index in [-0.39, 0.29) is 5.78 Å². The molecule has 0 fully saturated rings. The lowest BCUT2D eigenvalue weighted by Gasteiger charge is -2.07. The number of carbonyl (C=O) groups excluding carboxylic acids is 1. The van der Waals surface area contributed by atoms with Crippen molar-refractivity contribution < 1.29 is 9.53 Å². The third-order valence-corrected chi connectivity index (χ3v) is 4.83. The van der Waals surface area contributed by atoms with Crippen molar-refractivity contribution in [1.82, 2.24) is 19.3 Å². The van der Waals surface area contributed by atoms with Crippen LogP contribution in [0.5, 0.6) is 0 Å². The van der Waals surface area contributed by atoms with Crippen LogP contribution in [0.3, 0.4) is 0 Å². The molecular weight excluding hydrogens is 324 g/mol. The number of Topliss-reactive ketones (excluding diaryl/α,β-unsaturated/α-hetero) is 1. The van der Waals surface area contributed by atoms with Gasteiger partial charge in [0.25, 0.3) is 0 Å². The number of hydrogen-bond donors (Lipinski definition) is 0. The highest BCUT2D eigenvalue weighted by Crippen LogP contribution is 2.21. The third-order valence-electron chi connectivity index (χ3n) is 3.85. The number of carbonyl (C=O) groups is 1. The highest BCUT2D eigenvalue weighted by Gasteiger charge is 2.16. The fourth-order valence-electron chi connectivity index (χ4n) is 2.59. The molecule has 7 heteroatoms. The van der Waals surface area contributed by atoms with Gasteiger partial charge in [0.2, 0.25) is 0 Å². The van der Waals surface area contributed by atoms with Gasteiger partial charge in [-0.3, -0.25) is 4.79 Å². The first-order chi connectivity index (χ1) is 11.6. The van der Waals surface area contributed by atoms with Crippen molar-refractivity contribution in [3.8, 4) is 0 Å². The van der Waals surface area contributed by atoms with Gasteiger partial charge in [0, 0.05) is 43.8 Å². The number of ether oxygens (including phenoxy) is 1. The molecule has 0 saturated carbocycles.